The van der Waals surface area contributed by atoms with E-state index in [0.29, 0.717) is 38.2 Å². The first-order valence-corrected chi connectivity index (χ1v) is 7.30. The Morgan fingerprint density at radius 2 is 2.13 bits per heavy atom. The summed E-state index contributed by atoms with van der Waals surface area (Å²) in [6.07, 6.45) is 5.07. The number of hydrogen-bond donors (Lipinski definition) is 0. The van der Waals surface area contributed by atoms with Crippen molar-refractivity contribution in [2.24, 2.45) is 0 Å². The molecule has 0 bridgehead atoms. The molecule has 0 aliphatic rings. The Kier molecular flexibility index (Phi) is 4.24. The number of esters is 1. The molecule has 0 saturated carbocycles. The largest absolute Gasteiger partial charge is 0.449 e. The molecule has 0 amide bonds. The Balaban J connectivity index is 2.01. The third-order valence-electron chi connectivity index (χ3n) is 3.04. The van der Waals surface area contributed by atoms with E-state index < -0.39 is 5.97 Å². The van der Waals surface area contributed by atoms with E-state index >= 15 is 0 Å². The summed E-state index contributed by atoms with van der Waals surface area (Å²) in [4.78, 5) is 16.2. The van der Waals surface area contributed by atoms with Gasteiger partial charge in [-0.1, -0.05) is 35.2 Å². The highest BCUT2D eigenvalue weighted by Crippen LogP contribution is 2.32. The van der Waals surface area contributed by atoms with Gasteiger partial charge in [-0.25, -0.2) is 9.78 Å². The van der Waals surface area contributed by atoms with Gasteiger partial charge in [-0.05, 0) is 30.3 Å². The van der Waals surface area contributed by atoms with E-state index in [4.69, 9.17) is 38.8 Å². The fourth-order valence-corrected chi connectivity index (χ4v) is 2.57. The van der Waals surface area contributed by atoms with Crippen molar-refractivity contribution >= 4 is 40.3 Å². The van der Waals surface area contributed by atoms with Crippen LogP contribution in [0.5, 0.6) is 0 Å². The van der Waals surface area contributed by atoms with Gasteiger partial charge in [-0.15, -0.1) is 6.42 Å². The number of ether oxygens (including phenoxy) is 1. The molecule has 0 saturated heterocycles. The summed E-state index contributed by atoms with van der Waals surface area (Å²) in [6, 6.07) is 9.92. The standard InChI is InChI=1S/C17H9Cl2NO3/c1-2-6-22-17(21)11-5-3-4-10(7-11)16-20-14-9-12(18)8-13(19)15(14)23-16/h1,3-5,7-9H,6H2. The minimum absolute atomic E-state index is 0.0833. The Hall–Kier alpha value is -2.48. The molecule has 3 aromatic rings. The van der Waals surface area contributed by atoms with Crippen molar-refractivity contribution in [3.63, 3.8) is 0 Å². The van der Waals surface area contributed by atoms with Gasteiger partial charge in [0.25, 0.3) is 0 Å². The molecular formula is C17H9Cl2NO3. The minimum atomic E-state index is -0.512. The van der Waals surface area contributed by atoms with Gasteiger partial charge in [-0.2, -0.15) is 0 Å². The summed E-state index contributed by atoms with van der Waals surface area (Å²) < 4.78 is 10.6. The number of carbonyl (C=O) groups is 1. The normalized spacial score (nSPS) is 10.5. The minimum Gasteiger partial charge on any atom is -0.449 e. The predicted molar refractivity (Wildman–Crippen MR) is 88.6 cm³/mol. The summed E-state index contributed by atoms with van der Waals surface area (Å²) in [6.45, 7) is -0.0833. The van der Waals surface area contributed by atoms with Gasteiger partial charge in [-0.3, -0.25) is 0 Å². The summed E-state index contributed by atoms with van der Waals surface area (Å²) in [5, 5.41) is 0.838. The summed E-state index contributed by atoms with van der Waals surface area (Å²) in [7, 11) is 0. The fourth-order valence-electron chi connectivity index (χ4n) is 2.05. The highest BCUT2D eigenvalue weighted by atomic mass is 35.5. The van der Waals surface area contributed by atoms with E-state index in [2.05, 4.69) is 10.9 Å². The van der Waals surface area contributed by atoms with E-state index in [1.54, 1.807) is 36.4 Å². The molecule has 0 aliphatic carbocycles. The average Bonchev–Trinajstić information content (AvgIpc) is 2.97. The Labute approximate surface area is 142 Å². The lowest BCUT2D eigenvalue weighted by molar-refractivity contribution is 0.0557. The molecule has 0 aliphatic heterocycles. The Morgan fingerprint density at radius 1 is 1.30 bits per heavy atom. The highest BCUT2D eigenvalue weighted by molar-refractivity contribution is 6.38. The molecule has 0 unspecified atom stereocenters. The molecule has 23 heavy (non-hydrogen) atoms. The van der Waals surface area contributed by atoms with E-state index in [1.165, 1.54) is 0 Å². The van der Waals surface area contributed by atoms with Crippen molar-refractivity contribution in [1.29, 1.82) is 0 Å². The smallest absolute Gasteiger partial charge is 0.339 e. The fraction of sp³-hybridized carbons (Fsp3) is 0.0588. The lowest BCUT2D eigenvalue weighted by atomic mass is 10.1. The van der Waals surface area contributed by atoms with Crippen LogP contribution in [0.1, 0.15) is 10.4 Å². The van der Waals surface area contributed by atoms with Gasteiger partial charge >= 0.3 is 5.97 Å². The van der Waals surface area contributed by atoms with Crippen molar-refractivity contribution in [3.8, 4) is 23.8 Å². The second-order valence-corrected chi connectivity index (χ2v) is 5.46. The van der Waals surface area contributed by atoms with Crippen LogP contribution in [0.15, 0.2) is 40.8 Å². The molecule has 0 N–H and O–H groups in total. The molecule has 4 nitrogen and oxygen atoms in total. The van der Waals surface area contributed by atoms with E-state index in [1.807, 2.05) is 0 Å². The van der Waals surface area contributed by atoms with Gasteiger partial charge in [0.1, 0.15) is 5.52 Å². The van der Waals surface area contributed by atoms with Crippen molar-refractivity contribution in [2.45, 2.75) is 0 Å². The number of fused-ring (bicyclic) bond motifs is 1. The number of nitrogens with zero attached hydrogens (tertiary/aromatic N) is 1. The van der Waals surface area contributed by atoms with Gasteiger partial charge in [0.15, 0.2) is 12.2 Å². The molecular weight excluding hydrogens is 337 g/mol. The summed E-state index contributed by atoms with van der Waals surface area (Å²) >= 11 is 12.0. The van der Waals surface area contributed by atoms with Crippen LogP contribution < -0.4 is 0 Å². The van der Waals surface area contributed by atoms with Crippen LogP contribution in [-0.2, 0) is 4.74 Å². The number of rotatable bonds is 3. The first-order chi connectivity index (χ1) is 11.1. The number of hydrogen-bond acceptors (Lipinski definition) is 4. The second kappa shape index (κ2) is 6.33. The van der Waals surface area contributed by atoms with Crippen LogP contribution in [0.25, 0.3) is 22.6 Å². The summed E-state index contributed by atoms with van der Waals surface area (Å²) in [5.41, 5.74) is 1.94. The maximum absolute atomic E-state index is 11.9. The molecule has 6 heteroatoms. The number of aromatic nitrogens is 1. The molecule has 0 fully saturated rings. The van der Waals surface area contributed by atoms with E-state index in [0.717, 1.165) is 0 Å². The lowest BCUT2D eigenvalue weighted by Gasteiger charge is -2.02. The zero-order valence-corrected chi connectivity index (χ0v) is 13.2. The SMILES string of the molecule is C#CCOC(=O)c1cccc(-c2nc3cc(Cl)cc(Cl)c3o2)c1. The number of terminal acetylenes is 1. The van der Waals surface area contributed by atoms with E-state index in [9.17, 15) is 4.79 Å². The number of oxazole rings is 1. The zero-order valence-electron chi connectivity index (χ0n) is 11.7. The molecule has 1 aromatic heterocycles. The lowest BCUT2D eigenvalue weighted by Crippen LogP contribution is -2.05. The quantitative estimate of drug-likeness (QED) is 0.514. The van der Waals surface area contributed by atoms with Crippen LogP contribution in [0.4, 0.5) is 0 Å². The van der Waals surface area contributed by atoms with Crippen LogP contribution in [0.2, 0.25) is 10.0 Å². The molecule has 0 radical (unpaired) electrons. The number of carbonyl (C=O) groups excluding carboxylic acids is 1. The van der Waals surface area contributed by atoms with Crippen molar-refractivity contribution in [3.05, 3.63) is 52.0 Å². The molecule has 0 atom stereocenters. The van der Waals surface area contributed by atoms with Gasteiger partial charge < -0.3 is 9.15 Å². The second-order valence-electron chi connectivity index (χ2n) is 4.62. The average molecular weight is 346 g/mol. The first-order valence-electron chi connectivity index (χ1n) is 6.55. The zero-order chi connectivity index (χ0) is 16.4. The maximum Gasteiger partial charge on any atom is 0.339 e. The molecule has 114 valence electrons. The van der Waals surface area contributed by atoms with Crippen molar-refractivity contribution in [2.75, 3.05) is 6.61 Å². The topological polar surface area (TPSA) is 52.3 Å². The third kappa shape index (κ3) is 3.16. The number of halogens is 2. The van der Waals surface area contributed by atoms with Gasteiger partial charge in [0.05, 0.1) is 10.6 Å². The van der Waals surface area contributed by atoms with E-state index in [-0.39, 0.29) is 6.61 Å². The van der Waals surface area contributed by atoms with Crippen LogP contribution in [0, 0.1) is 12.3 Å². The van der Waals surface area contributed by atoms with Crippen LogP contribution >= 0.6 is 23.2 Å². The van der Waals surface area contributed by atoms with Crippen LogP contribution in [-0.4, -0.2) is 17.6 Å². The third-order valence-corrected chi connectivity index (χ3v) is 3.54. The van der Waals surface area contributed by atoms with Crippen molar-refractivity contribution in [1.82, 2.24) is 4.98 Å². The molecule has 1 heterocycles. The maximum atomic E-state index is 11.9. The first kappa shape index (κ1) is 15.4. The molecule has 2 aromatic carbocycles. The highest BCUT2D eigenvalue weighted by Gasteiger charge is 2.14. The van der Waals surface area contributed by atoms with Crippen LogP contribution in [0.3, 0.4) is 0 Å². The van der Waals surface area contributed by atoms with Gasteiger partial charge in [0.2, 0.25) is 5.89 Å². The molecule has 3 rings (SSSR count). The Morgan fingerprint density at radius 3 is 2.91 bits per heavy atom. The van der Waals surface area contributed by atoms with Crippen molar-refractivity contribution < 1.29 is 13.9 Å². The monoisotopic (exact) mass is 345 g/mol. The number of benzene rings is 2. The van der Waals surface area contributed by atoms with Gasteiger partial charge in [0, 0.05) is 10.6 Å². The Bertz CT molecular complexity index is 941. The predicted octanol–water partition coefficient (Wildman–Crippen LogP) is 4.59. The summed E-state index contributed by atoms with van der Waals surface area (Å²) in [5.74, 6) is 2.06. The molecule has 0 spiro atoms.